The van der Waals surface area contributed by atoms with E-state index < -0.39 is 21.8 Å². The van der Waals surface area contributed by atoms with E-state index in [0.29, 0.717) is 0 Å². The topological polar surface area (TPSA) is 54.4 Å². The molecule has 0 radical (unpaired) electrons. The van der Waals surface area contributed by atoms with Crippen molar-refractivity contribution in [3.8, 4) is 0 Å². The van der Waals surface area contributed by atoms with Crippen LogP contribution in [0.25, 0.3) is 0 Å². The maximum Gasteiger partial charge on any atom is 0.428 e. The molecule has 0 unspecified atom stereocenters. The van der Waals surface area contributed by atoms with Gasteiger partial charge in [-0.25, -0.2) is 8.78 Å². The molecule has 0 saturated heterocycles. The minimum Gasteiger partial charge on any atom is -0.281 e. The van der Waals surface area contributed by atoms with Crippen molar-refractivity contribution < 1.29 is 30.5 Å². The third kappa shape index (κ3) is 2.80. The van der Waals surface area contributed by atoms with Crippen molar-refractivity contribution in [2.75, 3.05) is 0 Å². The zero-order chi connectivity index (χ0) is 8.58. The van der Waals surface area contributed by atoms with Gasteiger partial charge in [0.25, 0.3) is 0 Å². The Bertz CT molecular complexity index is 211. The van der Waals surface area contributed by atoms with Crippen LogP contribution in [0.5, 0.6) is 0 Å². The molecule has 3 nitrogen and oxygen atoms in total. The van der Waals surface area contributed by atoms with Crippen molar-refractivity contribution in [1.29, 1.82) is 0 Å². The zero-order valence-corrected chi connectivity index (χ0v) is 6.30. The molecule has 0 aromatic heterocycles. The van der Waals surface area contributed by atoms with Crippen LogP contribution in [0.15, 0.2) is 0 Å². The van der Waals surface area contributed by atoms with Gasteiger partial charge in [0.2, 0.25) is 0 Å². The molecule has 0 aliphatic carbocycles. The standard InChI is InChI=1S/C2H2F4O3S.ClH/c3-1(4)2(5,6)10(7,8)9;/h1H,(H,7,8,9);1H. The highest BCUT2D eigenvalue weighted by molar-refractivity contribution is 7.86. The van der Waals surface area contributed by atoms with Crippen LogP contribution < -0.4 is 0 Å². The predicted octanol–water partition coefficient (Wildman–Crippen LogP) is 1.15. The number of alkyl halides is 4. The van der Waals surface area contributed by atoms with Gasteiger partial charge in [-0.2, -0.15) is 17.2 Å². The molecule has 1 N–H and O–H groups in total. The molecule has 70 valence electrons. The van der Waals surface area contributed by atoms with Gasteiger partial charge in [0, 0.05) is 0 Å². The molecule has 0 aromatic carbocycles. The van der Waals surface area contributed by atoms with Crippen molar-refractivity contribution in [2.45, 2.75) is 11.7 Å². The molecular weight excluding hydrogens is 216 g/mol. The second kappa shape index (κ2) is 3.55. The van der Waals surface area contributed by atoms with Crippen molar-refractivity contribution in [2.24, 2.45) is 0 Å². The molecule has 9 heteroatoms. The minimum atomic E-state index is -5.98. The lowest BCUT2D eigenvalue weighted by Gasteiger charge is -2.09. The largest absolute Gasteiger partial charge is 0.428 e. The first-order valence-corrected chi connectivity index (χ1v) is 3.26. The molecule has 0 heterocycles. The summed E-state index contributed by atoms with van der Waals surface area (Å²) < 4.78 is 71.3. The Morgan fingerprint density at radius 1 is 1.27 bits per heavy atom. The SMILES string of the molecule is Cl.O=S(=O)(O)C(F)(F)C(F)F. The van der Waals surface area contributed by atoms with E-state index in [1.54, 1.807) is 0 Å². The third-order valence-electron chi connectivity index (χ3n) is 0.598. The quantitative estimate of drug-likeness (QED) is 0.559. The van der Waals surface area contributed by atoms with Crippen LogP contribution in [-0.2, 0) is 10.1 Å². The summed E-state index contributed by atoms with van der Waals surface area (Å²) in [6.07, 6.45) is -4.41. The lowest BCUT2D eigenvalue weighted by molar-refractivity contribution is -0.0687. The lowest BCUT2D eigenvalue weighted by Crippen LogP contribution is -2.35. The van der Waals surface area contributed by atoms with E-state index in [1.807, 2.05) is 0 Å². The summed E-state index contributed by atoms with van der Waals surface area (Å²) in [6, 6.07) is 0. The Hall–Kier alpha value is -0.0800. The van der Waals surface area contributed by atoms with Crippen molar-refractivity contribution in [3.05, 3.63) is 0 Å². The molecule has 0 amide bonds. The van der Waals surface area contributed by atoms with Crippen molar-refractivity contribution >= 4 is 22.5 Å². The Morgan fingerprint density at radius 3 is 1.55 bits per heavy atom. The molecule has 11 heavy (non-hydrogen) atoms. The van der Waals surface area contributed by atoms with Gasteiger partial charge in [0.15, 0.2) is 0 Å². The normalized spacial score (nSPS) is 12.9. The molecule has 0 bridgehead atoms. The van der Waals surface area contributed by atoms with Crippen LogP contribution in [-0.4, -0.2) is 24.7 Å². The molecule has 0 fully saturated rings. The van der Waals surface area contributed by atoms with Gasteiger partial charge in [-0.3, -0.25) is 4.55 Å². The van der Waals surface area contributed by atoms with Gasteiger partial charge in [-0.1, -0.05) is 0 Å². The number of halogens is 5. The maximum atomic E-state index is 11.5. The molecule has 0 aliphatic heterocycles. The molecular formula is C2H3ClF4O3S. The van der Waals surface area contributed by atoms with Crippen molar-refractivity contribution in [3.63, 3.8) is 0 Å². The first kappa shape index (κ1) is 13.5. The Labute approximate surface area is 65.5 Å². The minimum absolute atomic E-state index is 0. The summed E-state index contributed by atoms with van der Waals surface area (Å²) in [7, 11) is -5.98. The number of rotatable bonds is 2. The van der Waals surface area contributed by atoms with Gasteiger partial charge in [-0.15, -0.1) is 12.4 Å². The molecule has 0 atom stereocenters. The highest BCUT2D eigenvalue weighted by Gasteiger charge is 2.53. The van der Waals surface area contributed by atoms with E-state index in [-0.39, 0.29) is 12.4 Å². The molecule has 0 rings (SSSR count). The second-order valence-electron chi connectivity index (χ2n) is 1.34. The molecule has 0 saturated carbocycles. The second-order valence-corrected chi connectivity index (χ2v) is 2.83. The zero-order valence-electron chi connectivity index (χ0n) is 4.67. The summed E-state index contributed by atoms with van der Waals surface area (Å²) in [5.74, 6) is 0. The number of hydrogen-bond donors (Lipinski definition) is 1. The predicted molar refractivity (Wildman–Crippen MR) is 29.7 cm³/mol. The number of hydrogen-bond acceptors (Lipinski definition) is 2. The van der Waals surface area contributed by atoms with Crippen LogP contribution >= 0.6 is 12.4 Å². The monoisotopic (exact) mass is 218 g/mol. The highest BCUT2D eigenvalue weighted by Crippen LogP contribution is 2.27. The van der Waals surface area contributed by atoms with Gasteiger partial charge in [-0.05, 0) is 0 Å². The first-order valence-electron chi connectivity index (χ1n) is 1.82. The van der Waals surface area contributed by atoms with E-state index >= 15 is 0 Å². The molecule has 0 spiro atoms. The van der Waals surface area contributed by atoms with Gasteiger partial charge in [0.1, 0.15) is 0 Å². The van der Waals surface area contributed by atoms with Crippen LogP contribution in [0.2, 0.25) is 0 Å². The summed E-state index contributed by atoms with van der Waals surface area (Å²) >= 11 is 0. The smallest absolute Gasteiger partial charge is 0.281 e. The van der Waals surface area contributed by atoms with Gasteiger partial charge >= 0.3 is 21.8 Å². The summed E-state index contributed by atoms with van der Waals surface area (Å²) in [5, 5.41) is -5.37. The fourth-order valence-corrected chi connectivity index (χ4v) is 0.338. The van der Waals surface area contributed by atoms with Crippen LogP contribution in [0.3, 0.4) is 0 Å². The van der Waals surface area contributed by atoms with E-state index in [1.165, 1.54) is 0 Å². The highest BCUT2D eigenvalue weighted by atomic mass is 35.5. The molecule has 0 aromatic rings. The fourth-order valence-electron chi connectivity index (χ4n) is 0.113. The van der Waals surface area contributed by atoms with E-state index in [2.05, 4.69) is 0 Å². The van der Waals surface area contributed by atoms with Crippen LogP contribution in [0.4, 0.5) is 17.6 Å². The van der Waals surface area contributed by atoms with Crippen LogP contribution in [0, 0.1) is 0 Å². The average Bonchev–Trinajstić information content (AvgIpc) is 1.62. The van der Waals surface area contributed by atoms with Crippen molar-refractivity contribution in [1.82, 2.24) is 0 Å². The summed E-state index contributed by atoms with van der Waals surface area (Å²) in [6.45, 7) is 0. The Balaban J connectivity index is 0. The maximum absolute atomic E-state index is 11.5. The third-order valence-corrected chi connectivity index (χ3v) is 1.46. The Morgan fingerprint density at radius 2 is 1.55 bits per heavy atom. The van der Waals surface area contributed by atoms with E-state index in [9.17, 15) is 26.0 Å². The fraction of sp³-hybridized carbons (Fsp3) is 1.00. The summed E-state index contributed by atoms with van der Waals surface area (Å²) in [4.78, 5) is 0. The molecule has 0 aliphatic rings. The first-order chi connectivity index (χ1) is 4.19. The lowest BCUT2D eigenvalue weighted by atomic mass is 10.7. The average molecular weight is 219 g/mol. The summed E-state index contributed by atoms with van der Waals surface area (Å²) in [5.41, 5.74) is 0. The van der Waals surface area contributed by atoms with Crippen LogP contribution in [0.1, 0.15) is 0 Å². The van der Waals surface area contributed by atoms with Gasteiger partial charge < -0.3 is 0 Å². The van der Waals surface area contributed by atoms with E-state index in [4.69, 9.17) is 4.55 Å². The Kier molecular flexibility index (Phi) is 4.35. The van der Waals surface area contributed by atoms with Gasteiger partial charge in [0.05, 0.1) is 0 Å². The van der Waals surface area contributed by atoms with E-state index in [0.717, 1.165) is 0 Å².